The minimum Gasteiger partial charge on any atom is -0.222 e. The Morgan fingerprint density at radius 3 is 2.21 bits per heavy atom. The van der Waals surface area contributed by atoms with Crippen molar-refractivity contribution in [3.05, 3.63) is 46.2 Å². The highest BCUT2D eigenvalue weighted by Gasteiger charge is 2.30. The van der Waals surface area contributed by atoms with Gasteiger partial charge in [-0.3, -0.25) is 0 Å². The standard InChI is InChI=1S/C12H9Cl2F3N2/c1-7-10(6-13)11(14)19(18-7)9-4-2-8(3-5-9)12(15,16)17/h2-5H,6H2,1H3. The summed E-state index contributed by atoms with van der Waals surface area (Å²) >= 11 is 11.8. The second-order valence-electron chi connectivity index (χ2n) is 3.94. The van der Waals surface area contributed by atoms with Gasteiger partial charge in [-0.05, 0) is 31.2 Å². The highest BCUT2D eigenvalue weighted by molar-refractivity contribution is 6.31. The average Bonchev–Trinajstić information content (AvgIpc) is 2.63. The zero-order valence-corrected chi connectivity index (χ0v) is 11.3. The van der Waals surface area contributed by atoms with Gasteiger partial charge in [0.1, 0.15) is 5.15 Å². The SMILES string of the molecule is Cc1nn(-c2ccc(C(F)(F)F)cc2)c(Cl)c1CCl. The number of alkyl halides is 4. The second-order valence-corrected chi connectivity index (χ2v) is 4.57. The first kappa shape index (κ1) is 14.2. The molecule has 0 fully saturated rings. The smallest absolute Gasteiger partial charge is 0.222 e. The molecule has 0 aliphatic rings. The number of halogens is 5. The van der Waals surface area contributed by atoms with Crippen molar-refractivity contribution in [3.8, 4) is 5.69 Å². The molecule has 0 unspecified atom stereocenters. The predicted molar refractivity (Wildman–Crippen MR) is 67.9 cm³/mol. The molecule has 1 aromatic carbocycles. The van der Waals surface area contributed by atoms with E-state index in [-0.39, 0.29) is 5.88 Å². The molecular formula is C12H9Cl2F3N2. The van der Waals surface area contributed by atoms with Gasteiger partial charge in [0.25, 0.3) is 0 Å². The maximum absolute atomic E-state index is 12.5. The molecule has 0 atom stereocenters. The highest BCUT2D eigenvalue weighted by atomic mass is 35.5. The number of hydrogen-bond donors (Lipinski definition) is 0. The molecule has 0 aliphatic heterocycles. The van der Waals surface area contributed by atoms with Crippen LogP contribution < -0.4 is 0 Å². The monoisotopic (exact) mass is 308 g/mol. The zero-order chi connectivity index (χ0) is 14.2. The zero-order valence-electron chi connectivity index (χ0n) is 9.80. The minimum atomic E-state index is -4.36. The van der Waals surface area contributed by atoms with E-state index >= 15 is 0 Å². The Balaban J connectivity index is 2.43. The van der Waals surface area contributed by atoms with Crippen LogP contribution in [0.3, 0.4) is 0 Å². The Hall–Kier alpha value is -1.20. The lowest BCUT2D eigenvalue weighted by Crippen LogP contribution is -2.05. The van der Waals surface area contributed by atoms with E-state index in [9.17, 15) is 13.2 Å². The van der Waals surface area contributed by atoms with Crippen molar-refractivity contribution in [2.24, 2.45) is 0 Å². The molecule has 0 saturated carbocycles. The molecule has 0 N–H and O–H groups in total. The van der Waals surface area contributed by atoms with E-state index in [1.165, 1.54) is 16.8 Å². The lowest BCUT2D eigenvalue weighted by atomic mass is 10.2. The van der Waals surface area contributed by atoms with Crippen LogP contribution >= 0.6 is 23.2 Å². The van der Waals surface area contributed by atoms with Crippen LogP contribution in [0.15, 0.2) is 24.3 Å². The van der Waals surface area contributed by atoms with Gasteiger partial charge in [0.2, 0.25) is 0 Å². The molecular weight excluding hydrogens is 300 g/mol. The van der Waals surface area contributed by atoms with Crippen molar-refractivity contribution in [1.82, 2.24) is 9.78 Å². The van der Waals surface area contributed by atoms with E-state index in [1.807, 2.05) is 0 Å². The number of hydrogen-bond acceptors (Lipinski definition) is 1. The Morgan fingerprint density at radius 1 is 1.21 bits per heavy atom. The van der Waals surface area contributed by atoms with Gasteiger partial charge >= 0.3 is 6.18 Å². The van der Waals surface area contributed by atoms with Crippen LogP contribution in [0, 0.1) is 6.92 Å². The third kappa shape index (κ3) is 2.72. The van der Waals surface area contributed by atoms with Crippen LogP contribution in [0.4, 0.5) is 13.2 Å². The molecule has 1 heterocycles. The molecule has 0 bridgehead atoms. The molecule has 0 amide bonds. The summed E-state index contributed by atoms with van der Waals surface area (Å²) in [5.74, 6) is 0.200. The van der Waals surface area contributed by atoms with E-state index in [0.717, 1.165) is 12.1 Å². The molecule has 19 heavy (non-hydrogen) atoms. The molecule has 0 aliphatic carbocycles. The molecule has 2 nitrogen and oxygen atoms in total. The number of aryl methyl sites for hydroxylation is 1. The number of nitrogens with zero attached hydrogens (tertiary/aromatic N) is 2. The van der Waals surface area contributed by atoms with Crippen molar-refractivity contribution in [1.29, 1.82) is 0 Å². The fraction of sp³-hybridized carbons (Fsp3) is 0.250. The Labute approximate surface area is 117 Å². The average molecular weight is 309 g/mol. The van der Waals surface area contributed by atoms with Crippen molar-refractivity contribution >= 4 is 23.2 Å². The summed E-state index contributed by atoms with van der Waals surface area (Å²) in [6, 6.07) is 4.62. The molecule has 0 radical (unpaired) electrons. The van der Waals surface area contributed by atoms with Gasteiger partial charge in [-0.15, -0.1) is 11.6 Å². The topological polar surface area (TPSA) is 17.8 Å². The summed E-state index contributed by atoms with van der Waals surface area (Å²) in [6.45, 7) is 1.74. The van der Waals surface area contributed by atoms with Crippen molar-refractivity contribution in [3.63, 3.8) is 0 Å². The summed E-state index contributed by atoms with van der Waals surface area (Å²) in [5, 5.41) is 4.47. The van der Waals surface area contributed by atoms with Crippen LogP contribution in [0.2, 0.25) is 5.15 Å². The molecule has 1 aromatic heterocycles. The summed E-state index contributed by atoms with van der Waals surface area (Å²) in [6.07, 6.45) is -4.36. The van der Waals surface area contributed by atoms with Crippen LogP contribution in [-0.4, -0.2) is 9.78 Å². The summed E-state index contributed by atoms with van der Waals surface area (Å²) < 4.78 is 38.7. The van der Waals surface area contributed by atoms with Gasteiger partial charge in [-0.2, -0.15) is 18.3 Å². The minimum absolute atomic E-state index is 0.200. The maximum atomic E-state index is 12.5. The van der Waals surface area contributed by atoms with Crippen LogP contribution in [0.25, 0.3) is 5.69 Å². The van der Waals surface area contributed by atoms with Crippen LogP contribution in [-0.2, 0) is 12.1 Å². The van der Waals surface area contributed by atoms with Crippen LogP contribution in [0.1, 0.15) is 16.8 Å². The molecule has 7 heteroatoms. The normalized spacial score (nSPS) is 11.9. The highest BCUT2D eigenvalue weighted by Crippen LogP contribution is 2.30. The third-order valence-corrected chi connectivity index (χ3v) is 3.35. The van der Waals surface area contributed by atoms with Crippen molar-refractivity contribution < 1.29 is 13.2 Å². The first-order chi connectivity index (χ1) is 8.84. The quantitative estimate of drug-likeness (QED) is 0.742. The molecule has 2 aromatic rings. The van der Waals surface area contributed by atoms with E-state index in [4.69, 9.17) is 23.2 Å². The summed E-state index contributed by atoms with van der Waals surface area (Å²) in [4.78, 5) is 0. The fourth-order valence-electron chi connectivity index (χ4n) is 1.65. The molecule has 0 saturated heterocycles. The van der Waals surface area contributed by atoms with Gasteiger partial charge in [0, 0.05) is 5.56 Å². The van der Waals surface area contributed by atoms with E-state index < -0.39 is 11.7 Å². The Kier molecular flexibility index (Phi) is 3.78. The number of rotatable bonds is 2. The third-order valence-electron chi connectivity index (χ3n) is 2.69. The van der Waals surface area contributed by atoms with Crippen LogP contribution in [0.5, 0.6) is 0 Å². The summed E-state index contributed by atoms with van der Waals surface area (Å²) in [5.41, 5.74) is 1.06. The largest absolute Gasteiger partial charge is 0.416 e. The fourth-order valence-corrected chi connectivity index (χ4v) is 2.37. The first-order valence-electron chi connectivity index (χ1n) is 5.32. The lowest BCUT2D eigenvalue weighted by molar-refractivity contribution is -0.137. The first-order valence-corrected chi connectivity index (χ1v) is 6.23. The van der Waals surface area contributed by atoms with E-state index in [2.05, 4.69) is 5.10 Å². The molecule has 2 rings (SSSR count). The molecule has 0 spiro atoms. The summed E-state index contributed by atoms with van der Waals surface area (Å²) in [7, 11) is 0. The second kappa shape index (κ2) is 5.06. The van der Waals surface area contributed by atoms with E-state index in [1.54, 1.807) is 6.92 Å². The molecule has 102 valence electrons. The number of benzene rings is 1. The van der Waals surface area contributed by atoms with Gasteiger partial charge in [0.15, 0.2) is 0 Å². The Bertz CT molecular complexity index is 588. The van der Waals surface area contributed by atoms with Gasteiger partial charge in [-0.25, -0.2) is 4.68 Å². The van der Waals surface area contributed by atoms with Gasteiger partial charge in [-0.1, -0.05) is 11.6 Å². The maximum Gasteiger partial charge on any atom is 0.416 e. The predicted octanol–water partition coefficient (Wildman–Crippen LogP) is 4.59. The number of aromatic nitrogens is 2. The van der Waals surface area contributed by atoms with Crippen molar-refractivity contribution in [2.45, 2.75) is 19.0 Å². The Morgan fingerprint density at radius 2 is 1.79 bits per heavy atom. The van der Waals surface area contributed by atoms with E-state index in [0.29, 0.717) is 22.1 Å². The van der Waals surface area contributed by atoms with Crippen molar-refractivity contribution in [2.75, 3.05) is 0 Å². The van der Waals surface area contributed by atoms with Gasteiger partial charge in [0.05, 0.1) is 22.8 Å². The lowest BCUT2D eigenvalue weighted by Gasteiger charge is -2.08. The van der Waals surface area contributed by atoms with Gasteiger partial charge < -0.3 is 0 Å².